The second-order valence-electron chi connectivity index (χ2n) is 8.10. The van der Waals surface area contributed by atoms with E-state index in [-0.39, 0.29) is 17.8 Å². The molecular formula is C25H29N3O5. The summed E-state index contributed by atoms with van der Waals surface area (Å²) >= 11 is 0. The van der Waals surface area contributed by atoms with E-state index in [0.29, 0.717) is 50.5 Å². The SMILES string of the molecule is CCOC(=O)CC1COc2ccc(NC(=O)c3ccc(/C=N/N4CCOCC4)cc3)cc2C1. The van der Waals surface area contributed by atoms with Crippen molar-refractivity contribution >= 4 is 23.8 Å². The predicted molar refractivity (Wildman–Crippen MR) is 125 cm³/mol. The van der Waals surface area contributed by atoms with Crippen LogP contribution in [0.3, 0.4) is 0 Å². The summed E-state index contributed by atoms with van der Waals surface area (Å²) in [5.74, 6) is 0.454. The fourth-order valence-corrected chi connectivity index (χ4v) is 3.86. The van der Waals surface area contributed by atoms with Crippen LogP contribution < -0.4 is 10.1 Å². The molecule has 1 amide bonds. The van der Waals surface area contributed by atoms with Gasteiger partial charge in [0, 0.05) is 17.2 Å². The summed E-state index contributed by atoms with van der Waals surface area (Å²) in [5, 5.41) is 9.38. The Morgan fingerprint density at radius 1 is 1.18 bits per heavy atom. The highest BCUT2D eigenvalue weighted by atomic mass is 16.5. The van der Waals surface area contributed by atoms with Gasteiger partial charge in [-0.05, 0) is 54.8 Å². The molecule has 0 aliphatic carbocycles. The highest BCUT2D eigenvalue weighted by Gasteiger charge is 2.23. The molecule has 2 aliphatic heterocycles. The first-order chi connectivity index (χ1) is 16.1. The minimum atomic E-state index is -0.211. The Bertz CT molecular complexity index is 1000. The molecule has 8 nitrogen and oxygen atoms in total. The van der Waals surface area contributed by atoms with Crippen LogP contribution in [0.2, 0.25) is 0 Å². The van der Waals surface area contributed by atoms with E-state index < -0.39 is 0 Å². The molecule has 2 aromatic carbocycles. The zero-order valence-corrected chi connectivity index (χ0v) is 18.8. The van der Waals surface area contributed by atoms with Crippen LogP contribution in [-0.4, -0.2) is 62.6 Å². The predicted octanol–water partition coefficient (Wildman–Crippen LogP) is 3.11. The fourth-order valence-electron chi connectivity index (χ4n) is 3.86. The maximum absolute atomic E-state index is 12.7. The molecular weight excluding hydrogens is 422 g/mol. The molecule has 4 rings (SSSR count). The van der Waals surface area contributed by atoms with Gasteiger partial charge in [-0.25, -0.2) is 0 Å². The number of anilines is 1. The van der Waals surface area contributed by atoms with Gasteiger partial charge < -0.3 is 19.5 Å². The normalized spacial score (nSPS) is 17.8. The summed E-state index contributed by atoms with van der Waals surface area (Å²) in [6, 6.07) is 12.9. The number of carbonyl (C=O) groups excluding carboxylic acids is 2. The number of benzene rings is 2. The molecule has 1 fully saturated rings. The van der Waals surface area contributed by atoms with Crippen molar-refractivity contribution in [3.63, 3.8) is 0 Å². The Morgan fingerprint density at radius 3 is 2.73 bits per heavy atom. The molecule has 2 aliphatic rings. The number of morpholine rings is 1. The van der Waals surface area contributed by atoms with Crippen molar-refractivity contribution in [3.05, 3.63) is 59.2 Å². The molecule has 2 aromatic rings. The Labute approximate surface area is 193 Å². The van der Waals surface area contributed by atoms with Crippen LogP contribution in [-0.2, 0) is 20.7 Å². The van der Waals surface area contributed by atoms with E-state index in [2.05, 4.69) is 10.4 Å². The van der Waals surface area contributed by atoms with Crippen LogP contribution in [0.1, 0.15) is 34.8 Å². The number of rotatable bonds is 7. The number of fused-ring (bicyclic) bond motifs is 1. The summed E-state index contributed by atoms with van der Waals surface area (Å²) in [4.78, 5) is 24.5. The average Bonchev–Trinajstić information content (AvgIpc) is 2.83. The third-order valence-corrected chi connectivity index (χ3v) is 5.59. The average molecular weight is 452 g/mol. The zero-order valence-electron chi connectivity index (χ0n) is 18.8. The minimum Gasteiger partial charge on any atom is -0.493 e. The highest BCUT2D eigenvalue weighted by Crippen LogP contribution is 2.31. The van der Waals surface area contributed by atoms with Crippen LogP contribution in [0.25, 0.3) is 0 Å². The van der Waals surface area contributed by atoms with E-state index in [1.807, 2.05) is 35.3 Å². The summed E-state index contributed by atoms with van der Waals surface area (Å²) in [6.07, 6.45) is 2.82. The lowest BCUT2D eigenvalue weighted by molar-refractivity contribution is -0.144. The van der Waals surface area contributed by atoms with Gasteiger partial charge in [0.15, 0.2) is 0 Å². The van der Waals surface area contributed by atoms with Crippen molar-refractivity contribution in [2.45, 2.75) is 19.8 Å². The molecule has 1 unspecified atom stereocenters. The van der Waals surface area contributed by atoms with Crippen LogP contribution in [0.15, 0.2) is 47.6 Å². The lowest BCUT2D eigenvalue weighted by Crippen LogP contribution is -2.32. The maximum atomic E-state index is 12.7. The summed E-state index contributed by atoms with van der Waals surface area (Å²) in [7, 11) is 0. The number of ether oxygens (including phenoxy) is 3. The van der Waals surface area contributed by atoms with E-state index >= 15 is 0 Å². The molecule has 33 heavy (non-hydrogen) atoms. The van der Waals surface area contributed by atoms with Gasteiger partial charge in [0.2, 0.25) is 0 Å². The molecule has 0 spiro atoms. The van der Waals surface area contributed by atoms with E-state index in [1.165, 1.54) is 0 Å². The second kappa shape index (κ2) is 11.0. The van der Waals surface area contributed by atoms with E-state index in [0.717, 1.165) is 30.0 Å². The summed E-state index contributed by atoms with van der Waals surface area (Å²) < 4.78 is 16.2. The first-order valence-corrected chi connectivity index (χ1v) is 11.3. The standard InChI is InChI=1S/C25H29N3O5/c1-2-32-24(29)14-19-13-21-15-22(7-8-23(21)33-17-19)27-25(30)20-5-3-18(4-6-20)16-26-28-9-11-31-12-10-28/h3-8,15-16,19H,2,9-14,17H2,1H3,(H,27,30)/b26-16+. The topological polar surface area (TPSA) is 89.5 Å². The van der Waals surface area contributed by atoms with E-state index in [9.17, 15) is 9.59 Å². The van der Waals surface area contributed by atoms with Crippen LogP contribution in [0.5, 0.6) is 5.75 Å². The third-order valence-electron chi connectivity index (χ3n) is 5.59. The van der Waals surface area contributed by atoms with Gasteiger partial charge in [-0.2, -0.15) is 5.10 Å². The number of hydrazone groups is 1. The van der Waals surface area contributed by atoms with E-state index in [1.54, 1.807) is 25.3 Å². The van der Waals surface area contributed by atoms with Crippen LogP contribution >= 0.6 is 0 Å². The number of nitrogens with zero attached hydrogens (tertiary/aromatic N) is 2. The maximum Gasteiger partial charge on any atom is 0.306 e. The molecule has 1 N–H and O–H groups in total. The molecule has 174 valence electrons. The van der Waals surface area contributed by atoms with Gasteiger partial charge in [0.05, 0.1) is 52.2 Å². The lowest BCUT2D eigenvalue weighted by Gasteiger charge is -2.25. The van der Waals surface area contributed by atoms with Crippen molar-refractivity contribution < 1.29 is 23.8 Å². The molecule has 1 saturated heterocycles. The Morgan fingerprint density at radius 2 is 1.97 bits per heavy atom. The quantitative estimate of drug-likeness (QED) is 0.514. The van der Waals surface area contributed by atoms with Crippen molar-refractivity contribution in [2.24, 2.45) is 11.0 Å². The van der Waals surface area contributed by atoms with Gasteiger partial charge in [-0.1, -0.05) is 12.1 Å². The Kier molecular flexibility index (Phi) is 7.57. The molecule has 0 aromatic heterocycles. The van der Waals surface area contributed by atoms with Crippen molar-refractivity contribution in [1.82, 2.24) is 5.01 Å². The number of amides is 1. The molecule has 2 heterocycles. The van der Waals surface area contributed by atoms with Gasteiger partial charge in [0.25, 0.3) is 5.91 Å². The van der Waals surface area contributed by atoms with Gasteiger partial charge >= 0.3 is 5.97 Å². The zero-order chi connectivity index (χ0) is 23.0. The molecule has 0 bridgehead atoms. The molecule has 0 radical (unpaired) electrons. The molecule has 8 heteroatoms. The summed E-state index contributed by atoms with van der Waals surface area (Å²) in [6.45, 7) is 5.61. The van der Waals surface area contributed by atoms with Crippen LogP contribution in [0, 0.1) is 5.92 Å². The van der Waals surface area contributed by atoms with Gasteiger partial charge in [-0.3, -0.25) is 14.6 Å². The van der Waals surface area contributed by atoms with Crippen molar-refractivity contribution in [3.8, 4) is 5.75 Å². The Balaban J connectivity index is 1.35. The minimum absolute atomic E-state index is 0.0640. The first kappa shape index (κ1) is 22.8. The monoisotopic (exact) mass is 451 g/mol. The number of nitrogens with one attached hydrogen (secondary N) is 1. The smallest absolute Gasteiger partial charge is 0.306 e. The van der Waals surface area contributed by atoms with Crippen molar-refractivity contribution in [2.75, 3.05) is 44.8 Å². The van der Waals surface area contributed by atoms with E-state index in [4.69, 9.17) is 14.2 Å². The first-order valence-electron chi connectivity index (χ1n) is 11.3. The summed E-state index contributed by atoms with van der Waals surface area (Å²) in [5.41, 5.74) is 3.16. The lowest BCUT2D eigenvalue weighted by atomic mass is 9.93. The molecule has 1 atom stereocenters. The number of hydrogen-bond acceptors (Lipinski definition) is 7. The number of hydrogen-bond donors (Lipinski definition) is 1. The third kappa shape index (κ3) is 6.32. The fraction of sp³-hybridized carbons (Fsp3) is 0.400. The van der Waals surface area contributed by atoms with Gasteiger partial charge in [0.1, 0.15) is 5.75 Å². The largest absolute Gasteiger partial charge is 0.493 e. The van der Waals surface area contributed by atoms with Crippen LogP contribution in [0.4, 0.5) is 5.69 Å². The Hall–Kier alpha value is -3.39. The number of carbonyl (C=O) groups is 2. The number of esters is 1. The van der Waals surface area contributed by atoms with Crippen molar-refractivity contribution in [1.29, 1.82) is 0 Å². The molecule has 0 saturated carbocycles. The van der Waals surface area contributed by atoms with Gasteiger partial charge in [-0.15, -0.1) is 0 Å². The highest BCUT2D eigenvalue weighted by molar-refractivity contribution is 6.04. The second-order valence-corrected chi connectivity index (χ2v) is 8.10.